The molecule has 1 amide bonds. The molecule has 0 saturated heterocycles. The van der Waals surface area contributed by atoms with Crippen molar-refractivity contribution in [2.45, 2.75) is 51.5 Å². The molecule has 2 fully saturated rings. The Labute approximate surface area is 98.2 Å². The topological polar surface area (TPSA) is 55.1 Å². The lowest BCUT2D eigenvalue weighted by molar-refractivity contribution is -0.126. The van der Waals surface area contributed by atoms with Crippen molar-refractivity contribution in [3.8, 4) is 0 Å². The van der Waals surface area contributed by atoms with Gasteiger partial charge in [0, 0.05) is 18.5 Å². The van der Waals surface area contributed by atoms with E-state index >= 15 is 0 Å². The number of nitrogens with two attached hydrogens (primary N) is 1. The number of amides is 1. The maximum Gasteiger partial charge on any atom is 0.223 e. The zero-order chi connectivity index (χ0) is 11.5. The first kappa shape index (κ1) is 11.9. The van der Waals surface area contributed by atoms with Crippen LogP contribution in [0.4, 0.5) is 0 Å². The van der Waals surface area contributed by atoms with Crippen LogP contribution < -0.4 is 11.1 Å². The molecular weight excluding hydrogens is 200 g/mol. The molecule has 3 nitrogen and oxygen atoms in total. The maximum atomic E-state index is 11.9. The van der Waals surface area contributed by atoms with Crippen molar-refractivity contribution in [1.29, 1.82) is 0 Å². The average molecular weight is 224 g/mol. The standard InChI is InChI=1S/C13H24N2O/c1-9-2-4-11(5-3-9)13(16)15-8-12(14)10-6-7-10/h9-12H,2-8,14H2,1H3,(H,15,16). The fraction of sp³-hybridized carbons (Fsp3) is 0.923. The second kappa shape index (κ2) is 5.17. The molecule has 2 aliphatic rings. The van der Waals surface area contributed by atoms with Crippen molar-refractivity contribution in [3.63, 3.8) is 0 Å². The predicted molar refractivity (Wildman–Crippen MR) is 64.8 cm³/mol. The quantitative estimate of drug-likeness (QED) is 0.763. The summed E-state index contributed by atoms with van der Waals surface area (Å²) in [5.74, 6) is 1.97. The Hall–Kier alpha value is -0.570. The van der Waals surface area contributed by atoms with Gasteiger partial charge in [-0.2, -0.15) is 0 Å². The fourth-order valence-corrected chi connectivity index (χ4v) is 2.58. The SMILES string of the molecule is CC1CCC(C(=O)NCC(N)C2CC2)CC1. The smallest absolute Gasteiger partial charge is 0.223 e. The third kappa shape index (κ3) is 3.21. The first-order valence-corrected chi connectivity index (χ1v) is 6.70. The van der Waals surface area contributed by atoms with Crippen LogP contribution in [0.1, 0.15) is 45.4 Å². The van der Waals surface area contributed by atoms with Crippen LogP contribution >= 0.6 is 0 Å². The molecular formula is C13H24N2O. The molecule has 0 bridgehead atoms. The largest absolute Gasteiger partial charge is 0.354 e. The van der Waals surface area contributed by atoms with Gasteiger partial charge in [-0.3, -0.25) is 4.79 Å². The first-order valence-electron chi connectivity index (χ1n) is 6.70. The van der Waals surface area contributed by atoms with Crippen molar-refractivity contribution >= 4 is 5.91 Å². The molecule has 16 heavy (non-hydrogen) atoms. The summed E-state index contributed by atoms with van der Waals surface area (Å²) in [6.45, 7) is 2.95. The second-order valence-electron chi connectivity index (χ2n) is 5.70. The van der Waals surface area contributed by atoms with Gasteiger partial charge in [0.05, 0.1) is 0 Å². The van der Waals surface area contributed by atoms with Crippen LogP contribution in [-0.4, -0.2) is 18.5 Å². The molecule has 1 atom stereocenters. The lowest BCUT2D eigenvalue weighted by Crippen LogP contribution is -2.41. The van der Waals surface area contributed by atoms with Crippen LogP contribution in [0.3, 0.4) is 0 Å². The molecule has 2 saturated carbocycles. The van der Waals surface area contributed by atoms with Crippen molar-refractivity contribution < 1.29 is 4.79 Å². The van der Waals surface area contributed by atoms with E-state index in [9.17, 15) is 4.79 Å². The van der Waals surface area contributed by atoms with E-state index in [0.717, 1.165) is 18.8 Å². The fourth-order valence-electron chi connectivity index (χ4n) is 2.58. The molecule has 0 aromatic carbocycles. The molecule has 0 aromatic rings. The normalized spacial score (nSPS) is 32.1. The summed E-state index contributed by atoms with van der Waals surface area (Å²) in [4.78, 5) is 11.9. The highest BCUT2D eigenvalue weighted by Gasteiger charge is 2.29. The molecule has 1 unspecified atom stereocenters. The molecule has 92 valence electrons. The minimum atomic E-state index is 0.187. The van der Waals surface area contributed by atoms with Gasteiger partial charge in [-0.25, -0.2) is 0 Å². The maximum absolute atomic E-state index is 11.9. The highest BCUT2D eigenvalue weighted by molar-refractivity contribution is 5.78. The minimum absolute atomic E-state index is 0.187. The Morgan fingerprint density at radius 1 is 1.25 bits per heavy atom. The predicted octanol–water partition coefficient (Wildman–Crippen LogP) is 1.67. The van der Waals surface area contributed by atoms with Crippen LogP contribution in [0.2, 0.25) is 0 Å². The van der Waals surface area contributed by atoms with Crippen molar-refractivity contribution in [2.24, 2.45) is 23.5 Å². The van der Waals surface area contributed by atoms with Crippen molar-refractivity contribution in [3.05, 3.63) is 0 Å². The van der Waals surface area contributed by atoms with E-state index in [4.69, 9.17) is 5.73 Å². The zero-order valence-electron chi connectivity index (χ0n) is 10.2. The van der Waals surface area contributed by atoms with Crippen molar-refractivity contribution in [1.82, 2.24) is 5.32 Å². The molecule has 0 aromatic heterocycles. The Morgan fingerprint density at radius 3 is 2.44 bits per heavy atom. The van der Waals surface area contributed by atoms with Crippen LogP contribution in [0.25, 0.3) is 0 Å². The van der Waals surface area contributed by atoms with Crippen molar-refractivity contribution in [2.75, 3.05) is 6.54 Å². The summed E-state index contributed by atoms with van der Waals surface area (Å²) >= 11 is 0. The molecule has 0 radical (unpaired) electrons. The molecule has 0 aliphatic heterocycles. The van der Waals surface area contributed by atoms with E-state index in [2.05, 4.69) is 12.2 Å². The van der Waals surface area contributed by atoms with Gasteiger partial charge in [0.25, 0.3) is 0 Å². The second-order valence-corrected chi connectivity index (χ2v) is 5.70. The number of hydrogen-bond donors (Lipinski definition) is 2. The van der Waals surface area contributed by atoms with Gasteiger partial charge in [-0.15, -0.1) is 0 Å². The summed E-state index contributed by atoms with van der Waals surface area (Å²) in [7, 11) is 0. The van der Waals surface area contributed by atoms with Gasteiger partial charge in [-0.05, 0) is 50.4 Å². The summed E-state index contributed by atoms with van der Waals surface area (Å²) in [5.41, 5.74) is 5.96. The van der Waals surface area contributed by atoms with E-state index in [0.29, 0.717) is 12.5 Å². The number of hydrogen-bond acceptors (Lipinski definition) is 2. The molecule has 0 heterocycles. The first-order chi connectivity index (χ1) is 7.66. The van der Waals surface area contributed by atoms with Crippen LogP contribution in [0, 0.1) is 17.8 Å². The zero-order valence-corrected chi connectivity index (χ0v) is 10.2. The number of carbonyl (C=O) groups is 1. The Balaban J connectivity index is 1.66. The summed E-state index contributed by atoms with van der Waals surface area (Å²) in [6.07, 6.45) is 7.02. The molecule has 3 heteroatoms. The molecule has 2 aliphatic carbocycles. The summed E-state index contributed by atoms with van der Waals surface area (Å²) in [6, 6.07) is 0.187. The summed E-state index contributed by atoms with van der Waals surface area (Å²) < 4.78 is 0. The minimum Gasteiger partial charge on any atom is -0.354 e. The van der Waals surface area contributed by atoms with E-state index < -0.39 is 0 Å². The Kier molecular flexibility index (Phi) is 3.85. The van der Waals surface area contributed by atoms with E-state index in [1.54, 1.807) is 0 Å². The number of carbonyl (C=O) groups excluding carboxylic acids is 1. The van der Waals surface area contributed by atoms with Crippen LogP contribution in [0.5, 0.6) is 0 Å². The van der Waals surface area contributed by atoms with E-state index in [1.165, 1.54) is 25.7 Å². The summed E-state index contributed by atoms with van der Waals surface area (Å²) in [5, 5.41) is 3.02. The van der Waals surface area contributed by atoms with E-state index in [-0.39, 0.29) is 17.9 Å². The van der Waals surface area contributed by atoms with Gasteiger partial charge in [0.2, 0.25) is 5.91 Å². The highest BCUT2D eigenvalue weighted by Crippen LogP contribution is 2.31. The molecule has 2 rings (SSSR count). The van der Waals surface area contributed by atoms with Gasteiger partial charge >= 0.3 is 0 Å². The van der Waals surface area contributed by atoms with Crippen LogP contribution in [-0.2, 0) is 4.79 Å². The number of rotatable bonds is 4. The van der Waals surface area contributed by atoms with E-state index in [1.807, 2.05) is 0 Å². The van der Waals surface area contributed by atoms with Gasteiger partial charge < -0.3 is 11.1 Å². The highest BCUT2D eigenvalue weighted by atomic mass is 16.1. The number of nitrogens with one attached hydrogen (secondary N) is 1. The third-order valence-corrected chi connectivity index (χ3v) is 4.13. The molecule has 3 N–H and O–H groups in total. The third-order valence-electron chi connectivity index (χ3n) is 4.13. The Morgan fingerprint density at radius 2 is 1.88 bits per heavy atom. The van der Waals surface area contributed by atoms with Crippen LogP contribution in [0.15, 0.2) is 0 Å². The lowest BCUT2D eigenvalue weighted by atomic mass is 9.82. The lowest BCUT2D eigenvalue weighted by Gasteiger charge is -2.25. The Bertz CT molecular complexity index is 242. The van der Waals surface area contributed by atoms with Gasteiger partial charge in [0.1, 0.15) is 0 Å². The average Bonchev–Trinajstić information content (AvgIpc) is 3.10. The monoisotopic (exact) mass is 224 g/mol. The van der Waals surface area contributed by atoms with Gasteiger partial charge in [0.15, 0.2) is 0 Å². The van der Waals surface area contributed by atoms with Gasteiger partial charge in [-0.1, -0.05) is 6.92 Å². The molecule has 0 spiro atoms.